The van der Waals surface area contributed by atoms with E-state index < -0.39 is 5.91 Å². The summed E-state index contributed by atoms with van der Waals surface area (Å²) in [6, 6.07) is 16.2. The van der Waals surface area contributed by atoms with Gasteiger partial charge in [0.05, 0.1) is 26.6 Å². The van der Waals surface area contributed by atoms with Crippen molar-refractivity contribution >= 4 is 29.9 Å². The van der Waals surface area contributed by atoms with Crippen molar-refractivity contribution in [3.8, 4) is 23.0 Å². The molecule has 3 rings (SSSR count). The highest BCUT2D eigenvalue weighted by Crippen LogP contribution is 2.22. The highest BCUT2D eigenvalue weighted by atomic mass is 16.5. The lowest BCUT2D eigenvalue weighted by Gasteiger charge is -2.07. The van der Waals surface area contributed by atoms with Crippen LogP contribution in [0.1, 0.15) is 34.3 Å². The molecule has 0 atom stereocenters. The van der Waals surface area contributed by atoms with Crippen molar-refractivity contribution in [2.45, 2.75) is 12.8 Å². The van der Waals surface area contributed by atoms with Gasteiger partial charge in [-0.2, -0.15) is 10.2 Å². The minimum Gasteiger partial charge on any atom is -0.507 e. The lowest BCUT2D eigenvalue weighted by molar-refractivity contribution is -0.121. The Balaban J connectivity index is 1.38. The van der Waals surface area contributed by atoms with Gasteiger partial charge in [0.1, 0.15) is 23.0 Å². The number of methoxy groups -OCH3 is 2. The number of rotatable bonds is 12. The molecule has 2 amide bonds. The van der Waals surface area contributed by atoms with Gasteiger partial charge in [0.25, 0.3) is 5.91 Å². The molecule has 0 aliphatic carbocycles. The molecule has 0 radical (unpaired) electrons. The number of phenolic OH excluding ortho intramolecular Hbond substituents is 2. The topological polar surface area (TPSA) is 154 Å². The first-order valence-electron chi connectivity index (χ1n) is 11.6. The second-order valence-corrected chi connectivity index (χ2v) is 7.95. The zero-order valence-corrected chi connectivity index (χ0v) is 21.0. The number of benzene rings is 3. The number of hydrogen-bond donors (Lipinski definition) is 5. The van der Waals surface area contributed by atoms with E-state index in [0.29, 0.717) is 41.2 Å². The molecule has 3 aromatic rings. The summed E-state index contributed by atoms with van der Waals surface area (Å²) in [5, 5.41) is 30.6. The van der Waals surface area contributed by atoms with Gasteiger partial charge in [-0.25, -0.2) is 10.9 Å². The van der Waals surface area contributed by atoms with Gasteiger partial charge in [0.2, 0.25) is 5.91 Å². The first kappa shape index (κ1) is 27.5. The Hall–Kier alpha value is -5.06. The van der Waals surface area contributed by atoms with Crippen molar-refractivity contribution in [1.82, 2.24) is 10.9 Å². The quantitative estimate of drug-likeness (QED) is 0.140. The van der Waals surface area contributed by atoms with Gasteiger partial charge >= 0.3 is 0 Å². The summed E-state index contributed by atoms with van der Waals surface area (Å²) >= 11 is 0. The van der Waals surface area contributed by atoms with Gasteiger partial charge in [-0.05, 0) is 67.1 Å². The standard InChI is InChI=1S/C27H29N5O6/c1-37-22-9-11-24(33)19(14-22)16-29-31-26(35)4-3-13-28-21-7-5-18(6-8-21)27(36)32-30-17-20-15-23(38-2)10-12-25(20)34/h5-12,14-17,28,33-34H,3-4,13H2,1-2H3,(H,31,35)(H,32,36)/b29-16+,30-17+. The normalized spacial score (nSPS) is 10.9. The minimum absolute atomic E-state index is 0.0120. The fraction of sp³-hybridized carbons (Fsp3) is 0.185. The summed E-state index contributed by atoms with van der Waals surface area (Å²) in [4.78, 5) is 24.3. The van der Waals surface area contributed by atoms with Crippen LogP contribution >= 0.6 is 0 Å². The number of nitrogens with one attached hydrogen (secondary N) is 3. The van der Waals surface area contributed by atoms with Crippen LogP contribution in [0, 0.1) is 0 Å². The van der Waals surface area contributed by atoms with E-state index in [1.165, 1.54) is 38.8 Å². The van der Waals surface area contributed by atoms with Crippen molar-refractivity contribution in [3.05, 3.63) is 77.4 Å². The SMILES string of the molecule is COc1ccc(O)c(/C=N/NC(=O)CCCNc2ccc(C(=O)N/N=C/c3cc(OC)ccc3O)cc2)c1. The molecule has 0 aliphatic rings. The molecule has 0 bridgehead atoms. The van der Waals surface area contributed by atoms with Crippen molar-refractivity contribution in [2.75, 3.05) is 26.1 Å². The maximum absolute atomic E-state index is 12.3. The number of carbonyl (C=O) groups is 2. The molecular weight excluding hydrogens is 490 g/mol. The molecule has 11 heteroatoms. The molecule has 3 aromatic carbocycles. The fourth-order valence-electron chi connectivity index (χ4n) is 3.20. The first-order valence-corrected chi connectivity index (χ1v) is 11.6. The molecule has 198 valence electrons. The summed E-state index contributed by atoms with van der Waals surface area (Å²) in [6.45, 7) is 0.535. The van der Waals surface area contributed by atoms with E-state index in [4.69, 9.17) is 9.47 Å². The molecule has 38 heavy (non-hydrogen) atoms. The van der Waals surface area contributed by atoms with Crippen LogP contribution in [-0.2, 0) is 4.79 Å². The van der Waals surface area contributed by atoms with E-state index in [9.17, 15) is 19.8 Å². The van der Waals surface area contributed by atoms with Crippen LogP contribution in [0.2, 0.25) is 0 Å². The van der Waals surface area contributed by atoms with Gasteiger partial charge in [0.15, 0.2) is 0 Å². The van der Waals surface area contributed by atoms with Crippen LogP contribution in [0.4, 0.5) is 5.69 Å². The highest BCUT2D eigenvalue weighted by Gasteiger charge is 2.06. The molecule has 0 unspecified atom stereocenters. The van der Waals surface area contributed by atoms with Crippen molar-refractivity contribution in [3.63, 3.8) is 0 Å². The molecule has 5 N–H and O–H groups in total. The Morgan fingerprint density at radius 3 is 1.92 bits per heavy atom. The smallest absolute Gasteiger partial charge is 0.271 e. The second kappa shape index (κ2) is 13.9. The van der Waals surface area contributed by atoms with Crippen molar-refractivity contribution in [1.29, 1.82) is 0 Å². The van der Waals surface area contributed by atoms with E-state index in [1.54, 1.807) is 48.5 Å². The number of anilines is 1. The van der Waals surface area contributed by atoms with Gasteiger partial charge in [-0.1, -0.05) is 0 Å². The third kappa shape index (κ3) is 8.26. The third-order valence-corrected chi connectivity index (χ3v) is 5.29. The Kier molecular flexibility index (Phi) is 10.1. The van der Waals surface area contributed by atoms with Crippen LogP contribution in [0.5, 0.6) is 23.0 Å². The van der Waals surface area contributed by atoms with Gasteiger partial charge in [0, 0.05) is 35.3 Å². The summed E-state index contributed by atoms with van der Waals surface area (Å²) in [7, 11) is 3.03. The molecule has 0 aromatic heterocycles. The molecule has 0 spiro atoms. The lowest BCUT2D eigenvalue weighted by atomic mass is 10.2. The number of amides is 2. The van der Waals surface area contributed by atoms with Gasteiger partial charge < -0.3 is 25.0 Å². The Morgan fingerprint density at radius 2 is 1.37 bits per heavy atom. The van der Waals surface area contributed by atoms with Crippen molar-refractivity contribution < 1.29 is 29.3 Å². The van der Waals surface area contributed by atoms with E-state index >= 15 is 0 Å². The number of ether oxygens (including phenoxy) is 2. The molecule has 0 heterocycles. The van der Waals surface area contributed by atoms with Crippen LogP contribution in [0.15, 0.2) is 70.9 Å². The zero-order valence-electron chi connectivity index (χ0n) is 21.0. The average molecular weight is 520 g/mol. The maximum Gasteiger partial charge on any atom is 0.271 e. The maximum atomic E-state index is 12.3. The first-order chi connectivity index (χ1) is 18.4. The van der Waals surface area contributed by atoms with E-state index in [1.807, 2.05) is 0 Å². The largest absolute Gasteiger partial charge is 0.507 e. The summed E-state index contributed by atoms with van der Waals surface area (Å²) in [6.07, 6.45) is 3.48. The fourth-order valence-corrected chi connectivity index (χ4v) is 3.20. The lowest BCUT2D eigenvalue weighted by Crippen LogP contribution is -2.18. The number of hydrazone groups is 2. The van der Waals surface area contributed by atoms with E-state index in [0.717, 1.165) is 5.69 Å². The van der Waals surface area contributed by atoms with Crippen LogP contribution in [0.25, 0.3) is 0 Å². The monoisotopic (exact) mass is 519 g/mol. The predicted molar refractivity (Wildman–Crippen MR) is 144 cm³/mol. The predicted octanol–water partition coefficient (Wildman–Crippen LogP) is 3.22. The second-order valence-electron chi connectivity index (χ2n) is 7.95. The molecule has 0 saturated heterocycles. The Labute approximate surface area is 219 Å². The van der Waals surface area contributed by atoms with Gasteiger partial charge in [-0.3, -0.25) is 9.59 Å². The number of carbonyl (C=O) groups excluding carboxylic acids is 2. The van der Waals surface area contributed by atoms with Gasteiger partial charge in [-0.15, -0.1) is 0 Å². The number of nitrogens with zero attached hydrogens (tertiary/aromatic N) is 2. The molecule has 11 nitrogen and oxygen atoms in total. The molecule has 0 fully saturated rings. The zero-order chi connectivity index (χ0) is 27.3. The van der Waals surface area contributed by atoms with Crippen molar-refractivity contribution in [2.24, 2.45) is 10.2 Å². The summed E-state index contributed by atoms with van der Waals surface area (Å²) in [5.74, 6) is 0.485. The third-order valence-electron chi connectivity index (χ3n) is 5.29. The average Bonchev–Trinajstić information content (AvgIpc) is 2.93. The van der Waals surface area contributed by atoms with Crippen LogP contribution < -0.4 is 25.6 Å². The van der Waals surface area contributed by atoms with E-state index in [2.05, 4.69) is 26.4 Å². The molecular formula is C27H29N5O6. The van der Waals surface area contributed by atoms with E-state index in [-0.39, 0.29) is 23.8 Å². The van der Waals surface area contributed by atoms with Crippen LogP contribution in [-0.4, -0.2) is 55.2 Å². The number of hydrogen-bond acceptors (Lipinski definition) is 9. The molecule has 0 saturated carbocycles. The summed E-state index contributed by atoms with van der Waals surface area (Å²) in [5.41, 5.74) is 6.86. The van der Waals surface area contributed by atoms with Crippen LogP contribution in [0.3, 0.4) is 0 Å². The Morgan fingerprint density at radius 1 is 0.816 bits per heavy atom. The summed E-state index contributed by atoms with van der Waals surface area (Å²) < 4.78 is 10.2. The number of phenols is 2. The highest BCUT2D eigenvalue weighted by molar-refractivity contribution is 5.95. The Bertz CT molecular complexity index is 1310. The minimum atomic E-state index is -0.408. The number of aromatic hydroxyl groups is 2. The molecule has 0 aliphatic heterocycles.